The molecule has 0 aliphatic heterocycles. The Balaban J connectivity index is 1.68. The summed E-state index contributed by atoms with van der Waals surface area (Å²) in [6.45, 7) is 2.99. The molecular weight excluding hydrogens is 408 g/mol. The first-order valence-corrected chi connectivity index (χ1v) is 12.5. The number of hydrogen-bond donors (Lipinski definition) is 1. The molecule has 0 fully saturated rings. The Kier molecular flexibility index (Phi) is 9.00. The first-order valence-electron chi connectivity index (χ1n) is 11.5. The number of hydrogen-bond acceptors (Lipinski definition) is 4. The van der Waals surface area contributed by atoms with Crippen molar-refractivity contribution in [1.82, 2.24) is 19.1 Å². The molecule has 0 amide bonds. The van der Waals surface area contributed by atoms with Crippen LogP contribution in [0.15, 0.2) is 45.1 Å². The molecule has 0 aliphatic rings. The first kappa shape index (κ1) is 23.4. The quantitative estimate of drug-likeness (QED) is 0.302. The molecule has 3 aromatic rings. The Morgan fingerprint density at radius 2 is 1.68 bits per heavy atom. The molecule has 31 heavy (non-hydrogen) atoms. The van der Waals surface area contributed by atoms with Gasteiger partial charge in [0.2, 0.25) is 0 Å². The number of fused-ring (bicyclic) bond motifs is 1. The second kappa shape index (κ2) is 11.9. The monoisotopic (exact) mass is 442 g/mol. The minimum Gasteiger partial charge on any atom is -0.313 e. The fraction of sp³-hybridized carbons (Fsp3) is 0.542. The van der Waals surface area contributed by atoms with E-state index in [1.165, 1.54) is 42.2 Å². The normalized spacial score (nSPS) is 11.4. The second-order valence-corrected chi connectivity index (χ2v) is 9.16. The highest BCUT2D eigenvalue weighted by molar-refractivity contribution is 7.99. The Hall–Kier alpha value is -2.28. The molecule has 0 atom stereocenters. The van der Waals surface area contributed by atoms with Crippen molar-refractivity contribution in [2.45, 2.75) is 76.4 Å². The number of aromatic nitrogens is 4. The number of H-pyrrole nitrogens is 1. The third-order valence-corrected chi connectivity index (χ3v) is 6.70. The van der Waals surface area contributed by atoms with Crippen LogP contribution >= 0.6 is 11.8 Å². The van der Waals surface area contributed by atoms with E-state index in [0.29, 0.717) is 11.2 Å². The predicted molar refractivity (Wildman–Crippen MR) is 129 cm³/mol. The first-order chi connectivity index (χ1) is 15.1. The van der Waals surface area contributed by atoms with Gasteiger partial charge in [-0.05, 0) is 24.8 Å². The number of rotatable bonds is 13. The number of imidazole rings is 1. The van der Waals surface area contributed by atoms with Crippen LogP contribution in [0.4, 0.5) is 0 Å². The highest BCUT2D eigenvalue weighted by Crippen LogP contribution is 2.23. The fourth-order valence-corrected chi connectivity index (χ4v) is 4.80. The average Bonchev–Trinajstić information content (AvgIpc) is 3.14. The van der Waals surface area contributed by atoms with E-state index in [9.17, 15) is 9.59 Å². The molecular formula is C24H34N4O2S. The van der Waals surface area contributed by atoms with Gasteiger partial charge in [0, 0.05) is 19.3 Å². The minimum absolute atomic E-state index is 0.343. The zero-order valence-corrected chi connectivity index (χ0v) is 19.5. The van der Waals surface area contributed by atoms with Crippen molar-refractivity contribution >= 4 is 22.9 Å². The molecule has 0 radical (unpaired) electrons. The van der Waals surface area contributed by atoms with Crippen LogP contribution in [0.1, 0.15) is 63.9 Å². The third-order valence-electron chi connectivity index (χ3n) is 5.64. The molecule has 1 N–H and O–H groups in total. The van der Waals surface area contributed by atoms with Crippen LogP contribution in [0.5, 0.6) is 0 Å². The molecule has 0 aliphatic carbocycles. The van der Waals surface area contributed by atoms with E-state index >= 15 is 0 Å². The number of benzene rings is 1. The van der Waals surface area contributed by atoms with Gasteiger partial charge in [-0.3, -0.25) is 14.3 Å². The molecule has 2 aromatic heterocycles. The van der Waals surface area contributed by atoms with Crippen LogP contribution in [0, 0.1) is 0 Å². The average molecular weight is 443 g/mol. The summed E-state index contributed by atoms with van der Waals surface area (Å²) in [7, 11) is 1.66. The zero-order valence-electron chi connectivity index (χ0n) is 18.7. The molecule has 6 nitrogen and oxygen atoms in total. The maximum absolute atomic E-state index is 12.6. The van der Waals surface area contributed by atoms with Crippen molar-refractivity contribution in [2.75, 3.05) is 5.75 Å². The smallest absolute Gasteiger partial charge is 0.313 e. The van der Waals surface area contributed by atoms with Crippen LogP contribution in [-0.4, -0.2) is 24.9 Å². The van der Waals surface area contributed by atoms with Gasteiger partial charge >= 0.3 is 5.69 Å². The summed E-state index contributed by atoms with van der Waals surface area (Å²) >= 11 is 1.67. The number of nitrogens with one attached hydrogen (secondary N) is 1. The Labute approximate surface area is 188 Å². The Bertz CT molecular complexity index is 1070. The maximum atomic E-state index is 12.6. The summed E-state index contributed by atoms with van der Waals surface area (Å²) in [6.07, 6.45) is 10.6. The topological polar surface area (TPSA) is 72.7 Å². The summed E-state index contributed by atoms with van der Waals surface area (Å²) in [4.78, 5) is 31.7. The van der Waals surface area contributed by atoms with Gasteiger partial charge in [-0.1, -0.05) is 87.5 Å². The third kappa shape index (κ3) is 6.35. The van der Waals surface area contributed by atoms with Gasteiger partial charge in [0.25, 0.3) is 5.56 Å². The number of thioether (sulfide) groups is 1. The van der Waals surface area contributed by atoms with Crippen molar-refractivity contribution in [3.63, 3.8) is 0 Å². The largest absolute Gasteiger partial charge is 0.329 e. The van der Waals surface area contributed by atoms with Crippen LogP contribution in [-0.2, 0) is 20.0 Å². The van der Waals surface area contributed by atoms with Gasteiger partial charge in [0.05, 0.1) is 0 Å². The molecule has 7 heteroatoms. The maximum Gasteiger partial charge on any atom is 0.329 e. The van der Waals surface area contributed by atoms with Crippen molar-refractivity contribution < 1.29 is 0 Å². The van der Waals surface area contributed by atoms with Gasteiger partial charge in [-0.2, -0.15) is 0 Å². The van der Waals surface area contributed by atoms with E-state index < -0.39 is 5.69 Å². The van der Waals surface area contributed by atoms with Crippen LogP contribution in [0.25, 0.3) is 11.2 Å². The van der Waals surface area contributed by atoms with Gasteiger partial charge < -0.3 is 4.57 Å². The van der Waals surface area contributed by atoms with E-state index in [2.05, 4.69) is 41.2 Å². The standard InChI is InChI=1S/C24H34N4O2S/c1-3-4-5-6-7-8-12-17-28-20-21(27(2)23(30)26-22(20)29)25-24(28)31-18-13-16-19-14-10-9-11-15-19/h9-11,14-15H,3-8,12-13,16-18H2,1-2H3,(H,26,29,30). The van der Waals surface area contributed by atoms with Crippen molar-refractivity contribution in [3.8, 4) is 0 Å². The van der Waals surface area contributed by atoms with E-state index in [0.717, 1.165) is 43.1 Å². The molecule has 0 saturated carbocycles. The summed E-state index contributed by atoms with van der Waals surface area (Å²) < 4.78 is 3.46. The van der Waals surface area contributed by atoms with Gasteiger partial charge in [0.1, 0.15) is 0 Å². The van der Waals surface area contributed by atoms with Crippen molar-refractivity contribution in [1.29, 1.82) is 0 Å². The van der Waals surface area contributed by atoms with E-state index in [1.807, 2.05) is 10.6 Å². The highest BCUT2D eigenvalue weighted by Gasteiger charge is 2.17. The molecule has 2 heterocycles. The number of nitrogens with zero attached hydrogens (tertiary/aromatic N) is 3. The van der Waals surface area contributed by atoms with E-state index in [4.69, 9.17) is 0 Å². The lowest BCUT2D eigenvalue weighted by Crippen LogP contribution is -2.29. The Morgan fingerprint density at radius 1 is 0.968 bits per heavy atom. The molecule has 0 bridgehead atoms. The molecule has 168 valence electrons. The summed E-state index contributed by atoms with van der Waals surface area (Å²) in [5, 5.41) is 0.834. The molecule has 1 aromatic carbocycles. The lowest BCUT2D eigenvalue weighted by Gasteiger charge is -2.09. The number of unbranched alkanes of at least 4 members (excludes halogenated alkanes) is 6. The van der Waals surface area contributed by atoms with Crippen LogP contribution in [0.3, 0.4) is 0 Å². The molecule has 0 saturated heterocycles. The van der Waals surface area contributed by atoms with Crippen LogP contribution in [0.2, 0.25) is 0 Å². The van der Waals surface area contributed by atoms with Crippen LogP contribution < -0.4 is 11.2 Å². The number of aryl methyl sites for hydroxylation is 3. The van der Waals surface area contributed by atoms with Crippen molar-refractivity contribution in [2.24, 2.45) is 7.05 Å². The Morgan fingerprint density at radius 3 is 2.42 bits per heavy atom. The second-order valence-electron chi connectivity index (χ2n) is 8.10. The highest BCUT2D eigenvalue weighted by atomic mass is 32.2. The molecule has 3 rings (SSSR count). The zero-order chi connectivity index (χ0) is 22.1. The van der Waals surface area contributed by atoms with E-state index in [-0.39, 0.29) is 5.56 Å². The van der Waals surface area contributed by atoms with Gasteiger partial charge in [-0.15, -0.1) is 0 Å². The lowest BCUT2D eigenvalue weighted by atomic mass is 10.1. The van der Waals surface area contributed by atoms with Crippen molar-refractivity contribution in [3.05, 3.63) is 56.7 Å². The minimum atomic E-state index is -0.418. The predicted octanol–water partition coefficient (Wildman–Crippen LogP) is 4.90. The molecule has 0 spiro atoms. The summed E-state index contributed by atoms with van der Waals surface area (Å²) in [5.41, 5.74) is 1.56. The lowest BCUT2D eigenvalue weighted by molar-refractivity contribution is 0.538. The number of aromatic amines is 1. The van der Waals surface area contributed by atoms with Gasteiger partial charge in [-0.25, -0.2) is 9.78 Å². The van der Waals surface area contributed by atoms with E-state index in [1.54, 1.807) is 18.8 Å². The van der Waals surface area contributed by atoms with Gasteiger partial charge in [0.15, 0.2) is 16.3 Å². The summed E-state index contributed by atoms with van der Waals surface area (Å²) in [5.74, 6) is 0.918. The fourth-order valence-electron chi connectivity index (χ4n) is 3.84. The molecule has 0 unspecified atom stereocenters. The summed E-state index contributed by atoms with van der Waals surface area (Å²) in [6, 6.07) is 10.5. The SMILES string of the molecule is CCCCCCCCCn1c(SCCCc2ccccc2)nc2c1c(=O)[nH]c(=O)n2C.